The fourth-order valence-corrected chi connectivity index (χ4v) is 2.44. The number of phenols is 1. The summed E-state index contributed by atoms with van der Waals surface area (Å²) in [7, 11) is 0. The molecule has 9 heteroatoms. The number of anilines is 1. The summed E-state index contributed by atoms with van der Waals surface area (Å²) in [6, 6.07) is 11.1. The molecule has 0 spiro atoms. The Morgan fingerprint density at radius 1 is 1.19 bits per heavy atom. The van der Waals surface area contributed by atoms with Crippen LogP contribution in [-0.4, -0.2) is 34.8 Å². The number of nitriles is 1. The number of aliphatic hydroxyl groups excluding tert-OH is 1. The molecular formula is C18H19N5O4. The Balaban J connectivity index is 2.21. The molecule has 2 aromatic rings. The van der Waals surface area contributed by atoms with E-state index in [-0.39, 0.29) is 23.7 Å². The molecule has 0 amide bonds. The lowest BCUT2D eigenvalue weighted by atomic mass is 10.1. The molecule has 0 aromatic heterocycles. The van der Waals surface area contributed by atoms with Crippen LogP contribution in [0.4, 0.5) is 22.7 Å². The van der Waals surface area contributed by atoms with Gasteiger partial charge in [-0.15, -0.1) is 5.11 Å². The second-order valence-electron chi connectivity index (χ2n) is 5.72. The fraction of sp³-hybridized carbons (Fsp3) is 0.278. The molecular weight excluding hydrogens is 350 g/mol. The van der Waals surface area contributed by atoms with Crippen molar-refractivity contribution in [2.24, 2.45) is 10.2 Å². The van der Waals surface area contributed by atoms with E-state index in [1.807, 2.05) is 24.0 Å². The van der Waals surface area contributed by atoms with Gasteiger partial charge in [0.1, 0.15) is 11.4 Å². The van der Waals surface area contributed by atoms with Gasteiger partial charge in [-0.25, -0.2) is 0 Å². The Kier molecular flexibility index (Phi) is 6.79. The van der Waals surface area contributed by atoms with Crippen LogP contribution in [0.5, 0.6) is 5.75 Å². The number of azo groups is 1. The van der Waals surface area contributed by atoms with E-state index in [1.165, 1.54) is 12.1 Å². The summed E-state index contributed by atoms with van der Waals surface area (Å²) in [4.78, 5) is 12.0. The minimum absolute atomic E-state index is 0.0225. The molecule has 0 bridgehead atoms. The molecule has 27 heavy (non-hydrogen) atoms. The van der Waals surface area contributed by atoms with Gasteiger partial charge in [0.25, 0.3) is 5.69 Å². The number of hydrogen-bond acceptors (Lipinski definition) is 8. The first-order valence-electron chi connectivity index (χ1n) is 8.19. The van der Waals surface area contributed by atoms with Crippen LogP contribution in [0, 0.1) is 28.4 Å². The maximum Gasteiger partial charge on any atom is 0.273 e. The summed E-state index contributed by atoms with van der Waals surface area (Å²) in [6.07, 6.45) is 0.347. The zero-order valence-corrected chi connectivity index (χ0v) is 14.7. The highest BCUT2D eigenvalue weighted by Gasteiger charge is 2.10. The largest absolute Gasteiger partial charge is 0.505 e. The van der Waals surface area contributed by atoms with E-state index in [0.29, 0.717) is 25.2 Å². The van der Waals surface area contributed by atoms with E-state index in [0.717, 1.165) is 17.3 Å². The topological polar surface area (TPSA) is 135 Å². The van der Waals surface area contributed by atoms with Crippen LogP contribution in [0.2, 0.25) is 0 Å². The van der Waals surface area contributed by atoms with E-state index in [4.69, 9.17) is 5.26 Å². The van der Waals surface area contributed by atoms with Crippen LogP contribution >= 0.6 is 0 Å². The number of non-ortho nitro benzene ring substituents is 1. The van der Waals surface area contributed by atoms with Crippen molar-refractivity contribution in [2.45, 2.75) is 13.3 Å². The van der Waals surface area contributed by atoms with Gasteiger partial charge in [0.2, 0.25) is 0 Å². The SMILES string of the molecule is Cc1cc(N(CCO)CCC#N)ccc1N=Nc1ccc([N+](=O)[O-])cc1O. The molecule has 2 rings (SSSR count). The van der Waals surface area contributed by atoms with Crippen molar-refractivity contribution in [1.29, 1.82) is 5.26 Å². The first-order chi connectivity index (χ1) is 13.0. The Morgan fingerprint density at radius 2 is 1.89 bits per heavy atom. The van der Waals surface area contributed by atoms with Crippen molar-refractivity contribution in [3.05, 3.63) is 52.1 Å². The van der Waals surface area contributed by atoms with Gasteiger partial charge in [0.05, 0.1) is 35.8 Å². The molecule has 9 nitrogen and oxygen atoms in total. The quantitative estimate of drug-likeness (QED) is 0.413. The molecule has 0 atom stereocenters. The van der Waals surface area contributed by atoms with E-state index >= 15 is 0 Å². The lowest BCUT2D eigenvalue weighted by Gasteiger charge is -2.23. The van der Waals surface area contributed by atoms with Gasteiger partial charge in [-0.1, -0.05) is 0 Å². The molecule has 0 fully saturated rings. The Hall–Kier alpha value is -3.51. The molecule has 0 aliphatic heterocycles. The molecule has 0 heterocycles. The van der Waals surface area contributed by atoms with Crippen molar-refractivity contribution >= 4 is 22.7 Å². The van der Waals surface area contributed by atoms with Crippen molar-refractivity contribution in [3.63, 3.8) is 0 Å². The van der Waals surface area contributed by atoms with E-state index < -0.39 is 4.92 Å². The molecule has 0 saturated heterocycles. The number of nitrogens with zero attached hydrogens (tertiary/aromatic N) is 5. The number of benzene rings is 2. The standard InChI is InChI=1S/C18H19N5O4/c1-13-11-14(22(9-10-24)8-2-7-19)3-5-16(13)20-21-17-6-4-15(23(26)27)12-18(17)25/h3-6,11-12,24-25H,2,8-10H2,1H3. The van der Waals surface area contributed by atoms with Crippen molar-refractivity contribution in [1.82, 2.24) is 0 Å². The first-order valence-corrected chi connectivity index (χ1v) is 8.19. The van der Waals surface area contributed by atoms with Crippen LogP contribution in [0.15, 0.2) is 46.6 Å². The molecule has 2 aromatic carbocycles. The molecule has 0 aliphatic rings. The summed E-state index contributed by atoms with van der Waals surface area (Å²) in [5, 5.41) is 46.5. The number of rotatable bonds is 8. The number of aryl methyl sites for hydroxylation is 1. The number of nitro groups is 1. The van der Waals surface area contributed by atoms with E-state index in [1.54, 1.807) is 6.07 Å². The molecule has 0 radical (unpaired) electrons. The van der Waals surface area contributed by atoms with Gasteiger partial charge in [0, 0.05) is 24.8 Å². The van der Waals surface area contributed by atoms with Crippen molar-refractivity contribution in [2.75, 3.05) is 24.6 Å². The van der Waals surface area contributed by atoms with Crippen LogP contribution < -0.4 is 4.90 Å². The second kappa shape index (κ2) is 9.26. The maximum atomic E-state index is 10.7. The monoisotopic (exact) mass is 369 g/mol. The van der Waals surface area contributed by atoms with Gasteiger partial charge in [-0.05, 0) is 36.8 Å². The molecule has 0 aliphatic carbocycles. The van der Waals surface area contributed by atoms with Crippen molar-refractivity contribution in [3.8, 4) is 11.8 Å². The van der Waals surface area contributed by atoms with Gasteiger partial charge in [-0.2, -0.15) is 10.4 Å². The Bertz CT molecular complexity index is 892. The average molecular weight is 369 g/mol. The summed E-state index contributed by atoms with van der Waals surface area (Å²) in [5.74, 6) is -0.326. The highest BCUT2D eigenvalue weighted by atomic mass is 16.6. The third-order valence-corrected chi connectivity index (χ3v) is 3.84. The summed E-state index contributed by atoms with van der Waals surface area (Å²) >= 11 is 0. The molecule has 140 valence electrons. The van der Waals surface area contributed by atoms with Gasteiger partial charge in [0.15, 0.2) is 0 Å². The average Bonchev–Trinajstić information content (AvgIpc) is 2.64. The maximum absolute atomic E-state index is 10.7. The van der Waals surface area contributed by atoms with Gasteiger partial charge in [-0.3, -0.25) is 10.1 Å². The molecule has 0 saturated carbocycles. The summed E-state index contributed by atoms with van der Waals surface area (Å²) in [6.45, 7) is 2.74. The lowest BCUT2D eigenvalue weighted by Crippen LogP contribution is -2.27. The van der Waals surface area contributed by atoms with Crippen LogP contribution in [-0.2, 0) is 0 Å². The van der Waals surface area contributed by atoms with Crippen LogP contribution in [0.1, 0.15) is 12.0 Å². The molecule has 0 unspecified atom stereocenters. The first kappa shape index (κ1) is 19.8. The highest BCUT2D eigenvalue weighted by Crippen LogP contribution is 2.32. The van der Waals surface area contributed by atoms with Gasteiger partial charge < -0.3 is 15.1 Å². The fourth-order valence-electron chi connectivity index (χ4n) is 2.44. The zero-order valence-electron chi connectivity index (χ0n) is 14.7. The summed E-state index contributed by atoms with van der Waals surface area (Å²) < 4.78 is 0. The third kappa shape index (κ3) is 5.23. The zero-order chi connectivity index (χ0) is 19.8. The van der Waals surface area contributed by atoms with Crippen LogP contribution in [0.3, 0.4) is 0 Å². The Morgan fingerprint density at radius 3 is 2.48 bits per heavy atom. The second-order valence-corrected chi connectivity index (χ2v) is 5.72. The normalized spacial score (nSPS) is 10.7. The summed E-state index contributed by atoms with van der Waals surface area (Å²) in [5.41, 5.74) is 2.14. The van der Waals surface area contributed by atoms with Crippen LogP contribution in [0.25, 0.3) is 0 Å². The Labute approximate surface area is 156 Å². The third-order valence-electron chi connectivity index (χ3n) is 3.84. The number of aliphatic hydroxyl groups is 1. The predicted molar refractivity (Wildman–Crippen MR) is 99.6 cm³/mol. The smallest absolute Gasteiger partial charge is 0.273 e. The highest BCUT2D eigenvalue weighted by molar-refractivity contribution is 5.59. The van der Waals surface area contributed by atoms with E-state index in [2.05, 4.69) is 16.3 Å². The van der Waals surface area contributed by atoms with Crippen molar-refractivity contribution < 1.29 is 15.1 Å². The lowest BCUT2D eigenvalue weighted by molar-refractivity contribution is -0.384. The molecule has 2 N–H and O–H groups in total. The predicted octanol–water partition coefficient (Wildman–Crippen LogP) is 3.74. The van der Waals surface area contributed by atoms with Gasteiger partial charge >= 0.3 is 0 Å². The minimum atomic E-state index is -0.603. The minimum Gasteiger partial charge on any atom is -0.505 e. The number of hydrogen-bond donors (Lipinski definition) is 2. The number of nitro benzene ring substituents is 1. The van der Waals surface area contributed by atoms with E-state index in [9.17, 15) is 20.3 Å². The number of aromatic hydroxyl groups is 1. The number of phenolic OH excluding ortho intramolecular Hbond substituents is 1.